The molecule has 0 amide bonds. The number of ether oxygens (including phenoxy) is 2. The molecule has 0 N–H and O–H groups in total. The van der Waals surface area contributed by atoms with Crippen LogP contribution in [0.2, 0.25) is 0 Å². The van der Waals surface area contributed by atoms with Crippen LogP contribution in [0.15, 0.2) is 48.8 Å². The standard InChI is InChI=1S/C29H44N2O2/c1-3-5-6-7-8-9-10-11-15-23-33-28-24-30-29(31-25-28)27-19-17-26(18-20-27)16-13-12-14-22-32-21-4-2/h11,15,17-20,24-25H,3-10,12-14,16,21-23H2,1-2H3. The second-order valence-electron chi connectivity index (χ2n) is 8.70. The first-order valence-electron chi connectivity index (χ1n) is 13.1. The topological polar surface area (TPSA) is 44.2 Å². The predicted molar refractivity (Wildman–Crippen MR) is 139 cm³/mol. The van der Waals surface area contributed by atoms with E-state index in [-0.39, 0.29) is 0 Å². The van der Waals surface area contributed by atoms with E-state index >= 15 is 0 Å². The fourth-order valence-electron chi connectivity index (χ4n) is 3.69. The van der Waals surface area contributed by atoms with Crippen molar-refractivity contribution in [2.24, 2.45) is 0 Å². The Kier molecular flexibility index (Phi) is 15.0. The van der Waals surface area contributed by atoms with Crippen molar-refractivity contribution in [3.8, 4) is 17.1 Å². The van der Waals surface area contributed by atoms with Crippen molar-refractivity contribution in [2.45, 2.75) is 90.9 Å². The summed E-state index contributed by atoms with van der Waals surface area (Å²) in [5, 5.41) is 0. The Morgan fingerprint density at radius 1 is 0.727 bits per heavy atom. The fraction of sp³-hybridized carbons (Fsp3) is 0.586. The average molecular weight is 453 g/mol. The normalized spacial score (nSPS) is 11.3. The zero-order valence-electron chi connectivity index (χ0n) is 20.9. The third-order valence-electron chi connectivity index (χ3n) is 5.68. The van der Waals surface area contributed by atoms with Crippen molar-refractivity contribution in [1.29, 1.82) is 0 Å². The molecule has 0 bridgehead atoms. The Morgan fingerprint density at radius 2 is 1.45 bits per heavy atom. The maximum Gasteiger partial charge on any atom is 0.159 e. The highest BCUT2D eigenvalue weighted by Gasteiger charge is 2.03. The number of hydrogen-bond acceptors (Lipinski definition) is 4. The van der Waals surface area contributed by atoms with Crippen molar-refractivity contribution in [1.82, 2.24) is 9.97 Å². The van der Waals surface area contributed by atoms with Crippen LogP contribution in [0.3, 0.4) is 0 Å². The summed E-state index contributed by atoms with van der Waals surface area (Å²) in [6.07, 6.45) is 22.7. The van der Waals surface area contributed by atoms with E-state index in [9.17, 15) is 0 Å². The zero-order valence-corrected chi connectivity index (χ0v) is 20.9. The highest BCUT2D eigenvalue weighted by molar-refractivity contribution is 5.55. The molecular formula is C29H44N2O2. The van der Waals surface area contributed by atoms with Crippen LogP contribution in [0, 0.1) is 0 Å². The third kappa shape index (κ3) is 12.6. The van der Waals surface area contributed by atoms with E-state index in [0.29, 0.717) is 12.4 Å². The van der Waals surface area contributed by atoms with Gasteiger partial charge in [0.05, 0.1) is 12.4 Å². The summed E-state index contributed by atoms with van der Waals surface area (Å²) in [6, 6.07) is 8.59. The van der Waals surface area contributed by atoms with E-state index in [1.54, 1.807) is 12.4 Å². The number of rotatable bonds is 19. The average Bonchev–Trinajstić information content (AvgIpc) is 2.85. The van der Waals surface area contributed by atoms with Gasteiger partial charge in [-0.05, 0) is 44.1 Å². The number of aryl methyl sites for hydroxylation is 1. The minimum Gasteiger partial charge on any atom is -0.486 e. The molecule has 33 heavy (non-hydrogen) atoms. The summed E-state index contributed by atoms with van der Waals surface area (Å²) in [7, 11) is 0. The van der Waals surface area contributed by atoms with Crippen LogP contribution in [-0.4, -0.2) is 29.8 Å². The first-order valence-corrected chi connectivity index (χ1v) is 13.1. The van der Waals surface area contributed by atoms with Crippen molar-refractivity contribution in [3.05, 3.63) is 54.4 Å². The van der Waals surface area contributed by atoms with E-state index in [0.717, 1.165) is 50.3 Å². The van der Waals surface area contributed by atoms with Gasteiger partial charge in [0.1, 0.15) is 6.61 Å². The summed E-state index contributed by atoms with van der Waals surface area (Å²) in [5.74, 6) is 1.45. The van der Waals surface area contributed by atoms with Gasteiger partial charge < -0.3 is 9.47 Å². The van der Waals surface area contributed by atoms with Crippen molar-refractivity contribution >= 4 is 0 Å². The number of aromatic nitrogens is 2. The van der Waals surface area contributed by atoms with Crippen LogP contribution in [-0.2, 0) is 11.2 Å². The molecule has 1 heterocycles. The molecular weight excluding hydrogens is 408 g/mol. The molecule has 182 valence electrons. The Labute approximate surface area is 201 Å². The van der Waals surface area contributed by atoms with E-state index < -0.39 is 0 Å². The third-order valence-corrected chi connectivity index (χ3v) is 5.68. The lowest BCUT2D eigenvalue weighted by atomic mass is 10.0. The van der Waals surface area contributed by atoms with Crippen molar-refractivity contribution < 1.29 is 9.47 Å². The Morgan fingerprint density at radius 3 is 2.21 bits per heavy atom. The second-order valence-corrected chi connectivity index (χ2v) is 8.70. The molecule has 2 aromatic rings. The maximum absolute atomic E-state index is 5.74. The van der Waals surface area contributed by atoms with Gasteiger partial charge in [0, 0.05) is 18.8 Å². The van der Waals surface area contributed by atoms with Crippen LogP contribution in [0.5, 0.6) is 5.75 Å². The maximum atomic E-state index is 5.74. The van der Waals surface area contributed by atoms with Crippen LogP contribution in [0.4, 0.5) is 0 Å². The van der Waals surface area contributed by atoms with Gasteiger partial charge in [-0.1, -0.05) is 88.8 Å². The molecule has 2 rings (SSSR count). The summed E-state index contributed by atoms with van der Waals surface area (Å²) in [5.41, 5.74) is 2.40. The first-order chi connectivity index (χ1) is 16.3. The largest absolute Gasteiger partial charge is 0.486 e. The van der Waals surface area contributed by atoms with Gasteiger partial charge in [-0.2, -0.15) is 0 Å². The predicted octanol–water partition coefficient (Wildman–Crippen LogP) is 7.97. The molecule has 4 heteroatoms. The molecule has 4 nitrogen and oxygen atoms in total. The minimum absolute atomic E-state index is 0.567. The van der Waals surface area contributed by atoms with Crippen LogP contribution < -0.4 is 4.74 Å². The van der Waals surface area contributed by atoms with Gasteiger partial charge in [-0.25, -0.2) is 9.97 Å². The summed E-state index contributed by atoms with van der Waals surface area (Å²) in [6.45, 7) is 6.74. The van der Waals surface area contributed by atoms with Crippen molar-refractivity contribution in [3.63, 3.8) is 0 Å². The number of allylic oxidation sites excluding steroid dienone is 1. The fourth-order valence-corrected chi connectivity index (χ4v) is 3.69. The van der Waals surface area contributed by atoms with E-state index in [4.69, 9.17) is 9.47 Å². The van der Waals surface area contributed by atoms with E-state index in [1.165, 1.54) is 56.9 Å². The summed E-state index contributed by atoms with van der Waals surface area (Å²) < 4.78 is 11.3. The van der Waals surface area contributed by atoms with Gasteiger partial charge in [0.15, 0.2) is 11.6 Å². The number of unbranched alkanes of at least 4 members (excludes halogenated alkanes) is 8. The number of nitrogens with zero attached hydrogens (tertiary/aromatic N) is 2. The Hall–Kier alpha value is -2.20. The molecule has 0 aliphatic rings. The molecule has 0 saturated heterocycles. The number of hydrogen-bond donors (Lipinski definition) is 0. The van der Waals surface area contributed by atoms with E-state index in [1.807, 2.05) is 0 Å². The molecule has 1 aromatic heterocycles. The monoisotopic (exact) mass is 452 g/mol. The van der Waals surface area contributed by atoms with Gasteiger partial charge in [-0.15, -0.1) is 0 Å². The molecule has 0 spiro atoms. The first kappa shape index (κ1) is 27.0. The van der Waals surface area contributed by atoms with Gasteiger partial charge in [0.25, 0.3) is 0 Å². The highest BCUT2D eigenvalue weighted by Crippen LogP contribution is 2.18. The molecule has 0 aliphatic carbocycles. The molecule has 0 unspecified atom stereocenters. The zero-order chi connectivity index (χ0) is 23.4. The summed E-state index contributed by atoms with van der Waals surface area (Å²) in [4.78, 5) is 8.96. The lowest BCUT2D eigenvalue weighted by molar-refractivity contribution is 0.130. The van der Waals surface area contributed by atoms with Crippen LogP contribution in [0.25, 0.3) is 11.4 Å². The molecule has 0 saturated carbocycles. The Balaban J connectivity index is 1.62. The van der Waals surface area contributed by atoms with Crippen LogP contribution in [0.1, 0.15) is 90.0 Å². The molecule has 0 aliphatic heterocycles. The summed E-state index contributed by atoms with van der Waals surface area (Å²) >= 11 is 0. The minimum atomic E-state index is 0.567. The van der Waals surface area contributed by atoms with Gasteiger partial charge in [0.2, 0.25) is 0 Å². The van der Waals surface area contributed by atoms with E-state index in [2.05, 4.69) is 60.2 Å². The van der Waals surface area contributed by atoms with Crippen LogP contribution >= 0.6 is 0 Å². The smallest absolute Gasteiger partial charge is 0.159 e. The molecule has 0 fully saturated rings. The Bertz CT molecular complexity index is 741. The highest BCUT2D eigenvalue weighted by atomic mass is 16.5. The van der Waals surface area contributed by atoms with Gasteiger partial charge >= 0.3 is 0 Å². The van der Waals surface area contributed by atoms with Crippen molar-refractivity contribution in [2.75, 3.05) is 19.8 Å². The van der Waals surface area contributed by atoms with Gasteiger partial charge in [-0.3, -0.25) is 0 Å². The second kappa shape index (κ2) is 18.3. The molecule has 1 aromatic carbocycles. The lowest BCUT2D eigenvalue weighted by Gasteiger charge is -2.06. The number of benzene rings is 1. The SMILES string of the molecule is CCCCCCCCC=CCOc1cnc(-c2ccc(CCCCCOCCC)cc2)nc1. The lowest BCUT2D eigenvalue weighted by Crippen LogP contribution is -1.97. The molecule has 0 atom stereocenters. The molecule has 0 radical (unpaired) electrons. The quantitative estimate of drug-likeness (QED) is 0.160.